The topological polar surface area (TPSA) is 0 Å². The molecule has 2 heteroatoms. The molecule has 0 aliphatic heterocycles. The van der Waals surface area contributed by atoms with Crippen LogP contribution >= 0.6 is 11.6 Å². The first-order valence-electron chi connectivity index (χ1n) is 4.93. The van der Waals surface area contributed by atoms with Crippen molar-refractivity contribution >= 4 is 11.6 Å². The molecule has 0 amide bonds. The van der Waals surface area contributed by atoms with Crippen molar-refractivity contribution in [1.82, 2.24) is 0 Å². The lowest BCUT2D eigenvalue weighted by molar-refractivity contribution is 0.625. The summed E-state index contributed by atoms with van der Waals surface area (Å²) in [5.74, 6) is 0.941. The molecule has 14 heavy (non-hydrogen) atoms. The maximum Gasteiger partial charge on any atom is 0.123 e. The number of benzene rings is 1. The molecule has 1 rings (SSSR count). The number of unbranched alkanes of at least 4 members (excludes halogenated alkanes) is 1. The Hall–Kier alpha value is -0.560. The molecule has 1 aromatic carbocycles. The Bertz CT molecular complexity index is 296. The van der Waals surface area contributed by atoms with E-state index in [9.17, 15) is 4.39 Å². The van der Waals surface area contributed by atoms with Crippen LogP contribution in [0.2, 0.25) is 5.02 Å². The Morgan fingerprint density at radius 3 is 2.79 bits per heavy atom. The van der Waals surface area contributed by atoms with Crippen molar-refractivity contribution < 1.29 is 4.39 Å². The molecular weight excluding hydrogens is 199 g/mol. The van der Waals surface area contributed by atoms with Crippen LogP contribution in [0.4, 0.5) is 4.39 Å². The molecule has 0 heterocycles. The molecule has 1 aromatic rings. The van der Waals surface area contributed by atoms with E-state index in [0.717, 1.165) is 30.7 Å². The summed E-state index contributed by atoms with van der Waals surface area (Å²) in [5, 5.41) is 0.639. The largest absolute Gasteiger partial charge is 0.207 e. The van der Waals surface area contributed by atoms with Gasteiger partial charge in [-0.3, -0.25) is 0 Å². The summed E-state index contributed by atoms with van der Waals surface area (Å²) >= 11 is 5.98. The van der Waals surface area contributed by atoms with Gasteiger partial charge in [0, 0.05) is 10.9 Å². The lowest BCUT2D eigenvalue weighted by Gasteiger charge is -2.12. The van der Waals surface area contributed by atoms with Gasteiger partial charge in [-0.2, -0.15) is 0 Å². The van der Waals surface area contributed by atoms with Gasteiger partial charge in [0.25, 0.3) is 0 Å². The normalized spacial score (nSPS) is 10.9. The van der Waals surface area contributed by atoms with E-state index in [1.807, 2.05) is 6.92 Å². The molecule has 0 saturated heterocycles. The fraction of sp³-hybridized carbons (Fsp3) is 0.417. The van der Waals surface area contributed by atoms with Crippen LogP contribution in [0.1, 0.15) is 38.7 Å². The first-order valence-corrected chi connectivity index (χ1v) is 5.30. The standard InChI is InChI=1S/C12H15ClF/c1-3-4-5-9(2)11-8-10(14)6-7-12(11)13/h6-8H,3-5H2,1-2H3. The van der Waals surface area contributed by atoms with Crippen LogP contribution in [0.25, 0.3) is 0 Å². The summed E-state index contributed by atoms with van der Waals surface area (Å²) in [7, 11) is 0. The minimum Gasteiger partial charge on any atom is -0.207 e. The zero-order chi connectivity index (χ0) is 10.6. The van der Waals surface area contributed by atoms with E-state index < -0.39 is 0 Å². The first kappa shape index (κ1) is 11.5. The van der Waals surface area contributed by atoms with E-state index >= 15 is 0 Å². The second kappa shape index (κ2) is 5.35. The summed E-state index contributed by atoms with van der Waals surface area (Å²) < 4.78 is 13.0. The van der Waals surface area contributed by atoms with Gasteiger partial charge in [0.2, 0.25) is 0 Å². The number of hydrogen-bond donors (Lipinski definition) is 0. The van der Waals surface area contributed by atoms with Crippen molar-refractivity contribution in [2.45, 2.75) is 33.1 Å². The minimum atomic E-state index is -0.222. The van der Waals surface area contributed by atoms with Crippen molar-refractivity contribution in [3.63, 3.8) is 0 Å². The van der Waals surface area contributed by atoms with Gasteiger partial charge in [-0.05, 0) is 30.2 Å². The van der Waals surface area contributed by atoms with Crippen LogP contribution in [-0.4, -0.2) is 0 Å². The van der Waals surface area contributed by atoms with Crippen LogP contribution in [0, 0.1) is 11.7 Å². The summed E-state index contributed by atoms with van der Waals surface area (Å²) in [6.07, 6.45) is 3.25. The highest BCUT2D eigenvalue weighted by Gasteiger charge is 2.10. The van der Waals surface area contributed by atoms with Gasteiger partial charge in [-0.1, -0.05) is 38.3 Å². The fourth-order valence-electron chi connectivity index (χ4n) is 1.40. The second-order valence-electron chi connectivity index (χ2n) is 3.51. The predicted molar refractivity (Wildman–Crippen MR) is 59.0 cm³/mol. The zero-order valence-corrected chi connectivity index (χ0v) is 9.37. The molecule has 0 saturated carbocycles. The Morgan fingerprint density at radius 2 is 2.14 bits per heavy atom. The fourth-order valence-corrected chi connectivity index (χ4v) is 1.68. The smallest absolute Gasteiger partial charge is 0.123 e. The van der Waals surface area contributed by atoms with Crippen molar-refractivity contribution in [3.8, 4) is 0 Å². The monoisotopic (exact) mass is 213 g/mol. The van der Waals surface area contributed by atoms with Gasteiger partial charge >= 0.3 is 0 Å². The Labute approximate surface area is 90.1 Å². The molecular formula is C12H15ClF. The third-order valence-corrected chi connectivity index (χ3v) is 2.62. The van der Waals surface area contributed by atoms with Crippen LogP contribution in [-0.2, 0) is 0 Å². The zero-order valence-electron chi connectivity index (χ0n) is 8.61. The maximum atomic E-state index is 13.0. The van der Waals surface area contributed by atoms with Gasteiger partial charge in [0.15, 0.2) is 0 Å². The third-order valence-electron chi connectivity index (χ3n) is 2.29. The van der Waals surface area contributed by atoms with Crippen molar-refractivity contribution in [2.24, 2.45) is 0 Å². The summed E-state index contributed by atoms with van der Waals surface area (Å²) in [6.45, 7) is 4.15. The number of rotatable bonds is 4. The highest BCUT2D eigenvalue weighted by molar-refractivity contribution is 6.31. The number of halogens is 2. The molecule has 0 nitrogen and oxygen atoms in total. The van der Waals surface area contributed by atoms with Gasteiger partial charge < -0.3 is 0 Å². The van der Waals surface area contributed by atoms with E-state index in [0.29, 0.717) is 5.02 Å². The highest BCUT2D eigenvalue weighted by atomic mass is 35.5. The number of hydrogen-bond acceptors (Lipinski definition) is 0. The van der Waals surface area contributed by atoms with E-state index in [-0.39, 0.29) is 5.82 Å². The second-order valence-corrected chi connectivity index (χ2v) is 3.92. The lowest BCUT2D eigenvalue weighted by atomic mass is 9.95. The molecule has 0 aliphatic carbocycles. The molecule has 0 fully saturated rings. The van der Waals surface area contributed by atoms with Crippen LogP contribution < -0.4 is 0 Å². The minimum absolute atomic E-state index is 0.222. The SMILES string of the molecule is CCCC[C](C)c1cc(F)ccc1Cl. The molecule has 0 unspecified atom stereocenters. The summed E-state index contributed by atoms with van der Waals surface area (Å²) in [6, 6.07) is 4.51. The summed E-state index contributed by atoms with van der Waals surface area (Å²) in [4.78, 5) is 0. The lowest BCUT2D eigenvalue weighted by Crippen LogP contribution is -1.96. The van der Waals surface area contributed by atoms with Crippen LogP contribution in [0.3, 0.4) is 0 Å². The van der Waals surface area contributed by atoms with Gasteiger partial charge in [-0.15, -0.1) is 0 Å². The quantitative estimate of drug-likeness (QED) is 0.685. The Balaban J connectivity index is 2.77. The molecule has 0 aromatic heterocycles. The van der Waals surface area contributed by atoms with Crippen molar-refractivity contribution in [2.75, 3.05) is 0 Å². The van der Waals surface area contributed by atoms with Crippen molar-refractivity contribution in [1.29, 1.82) is 0 Å². The van der Waals surface area contributed by atoms with E-state index in [4.69, 9.17) is 11.6 Å². The molecule has 0 aliphatic rings. The van der Waals surface area contributed by atoms with E-state index in [1.54, 1.807) is 6.07 Å². The van der Waals surface area contributed by atoms with Crippen LogP contribution in [0.15, 0.2) is 18.2 Å². The van der Waals surface area contributed by atoms with E-state index in [2.05, 4.69) is 6.92 Å². The van der Waals surface area contributed by atoms with Crippen molar-refractivity contribution in [3.05, 3.63) is 40.5 Å². The average molecular weight is 214 g/mol. The highest BCUT2D eigenvalue weighted by Crippen LogP contribution is 2.27. The molecule has 0 N–H and O–H groups in total. The average Bonchev–Trinajstić information content (AvgIpc) is 2.18. The van der Waals surface area contributed by atoms with E-state index in [1.165, 1.54) is 12.1 Å². The summed E-state index contributed by atoms with van der Waals surface area (Å²) in [5.41, 5.74) is 0.847. The molecule has 1 radical (unpaired) electrons. The molecule has 0 bridgehead atoms. The van der Waals surface area contributed by atoms with Crippen LogP contribution in [0.5, 0.6) is 0 Å². The third kappa shape index (κ3) is 2.98. The predicted octanol–water partition coefficient (Wildman–Crippen LogP) is 4.61. The van der Waals surface area contributed by atoms with Gasteiger partial charge in [0.1, 0.15) is 5.82 Å². The first-order chi connectivity index (χ1) is 6.65. The molecule has 77 valence electrons. The molecule has 0 spiro atoms. The Morgan fingerprint density at radius 1 is 1.43 bits per heavy atom. The molecule has 0 atom stereocenters. The van der Waals surface area contributed by atoms with Gasteiger partial charge in [0.05, 0.1) is 0 Å². The van der Waals surface area contributed by atoms with Gasteiger partial charge in [-0.25, -0.2) is 4.39 Å². The Kier molecular flexibility index (Phi) is 4.40. The maximum absolute atomic E-state index is 13.0.